The first-order valence-corrected chi connectivity index (χ1v) is 6.92. The molecule has 0 radical (unpaired) electrons. The minimum Gasteiger partial charge on any atom is -0.462 e. The normalized spacial score (nSPS) is 11.7. The van der Waals surface area contributed by atoms with Gasteiger partial charge in [0.15, 0.2) is 0 Å². The van der Waals surface area contributed by atoms with E-state index in [0.29, 0.717) is 30.4 Å². The summed E-state index contributed by atoms with van der Waals surface area (Å²) >= 11 is 0. The Hall–Kier alpha value is -2.18. The Morgan fingerprint density at radius 1 is 1.43 bits per heavy atom. The second kappa shape index (κ2) is 7.56. The number of carbonyl (C=O) groups is 2. The second-order valence-electron chi connectivity index (χ2n) is 4.63. The summed E-state index contributed by atoms with van der Waals surface area (Å²) in [7, 11) is 1.73. The van der Waals surface area contributed by atoms with Gasteiger partial charge in [0.2, 0.25) is 11.9 Å². The summed E-state index contributed by atoms with van der Waals surface area (Å²) in [5, 5.41) is 2.93. The van der Waals surface area contributed by atoms with E-state index in [4.69, 9.17) is 4.74 Å². The molecule has 0 aliphatic heterocycles. The van der Waals surface area contributed by atoms with E-state index in [2.05, 4.69) is 15.3 Å². The molecule has 116 valence electrons. The fourth-order valence-electron chi connectivity index (χ4n) is 1.69. The van der Waals surface area contributed by atoms with Crippen molar-refractivity contribution in [2.24, 2.45) is 0 Å². The fraction of sp³-hybridized carbons (Fsp3) is 0.571. The highest BCUT2D eigenvalue weighted by molar-refractivity contribution is 5.90. The summed E-state index contributed by atoms with van der Waals surface area (Å²) in [6.07, 6.45) is 1.41. The summed E-state index contributed by atoms with van der Waals surface area (Å²) < 4.78 is 4.91. The Kier molecular flexibility index (Phi) is 6.08. The summed E-state index contributed by atoms with van der Waals surface area (Å²) in [4.78, 5) is 33.5. The van der Waals surface area contributed by atoms with Gasteiger partial charge in [-0.15, -0.1) is 0 Å². The lowest BCUT2D eigenvalue weighted by atomic mass is 10.2. The Balaban J connectivity index is 2.80. The van der Waals surface area contributed by atoms with Crippen LogP contribution >= 0.6 is 0 Å². The molecular formula is C14H22N4O3. The number of aromatic nitrogens is 2. The van der Waals surface area contributed by atoms with Crippen molar-refractivity contribution >= 4 is 17.8 Å². The van der Waals surface area contributed by atoms with Gasteiger partial charge in [0.25, 0.3) is 0 Å². The summed E-state index contributed by atoms with van der Waals surface area (Å²) in [6, 6.07) is -0.442. The molecular weight excluding hydrogens is 272 g/mol. The fourth-order valence-corrected chi connectivity index (χ4v) is 1.69. The maximum Gasteiger partial charge on any atom is 0.341 e. The van der Waals surface area contributed by atoms with Crippen LogP contribution in [0.4, 0.5) is 5.95 Å². The molecule has 7 nitrogen and oxygen atoms in total. The van der Waals surface area contributed by atoms with Crippen LogP contribution < -0.4 is 5.32 Å². The van der Waals surface area contributed by atoms with E-state index < -0.39 is 12.0 Å². The van der Waals surface area contributed by atoms with Gasteiger partial charge in [-0.1, -0.05) is 0 Å². The third-order valence-corrected chi connectivity index (χ3v) is 3.04. The van der Waals surface area contributed by atoms with Crippen molar-refractivity contribution in [2.45, 2.75) is 33.7 Å². The van der Waals surface area contributed by atoms with Crippen LogP contribution in [0.25, 0.3) is 0 Å². The van der Waals surface area contributed by atoms with Gasteiger partial charge in [0, 0.05) is 19.8 Å². The van der Waals surface area contributed by atoms with E-state index >= 15 is 0 Å². The number of nitrogens with zero attached hydrogens (tertiary/aromatic N) is 3. The third kappa shape index (κ3) is 4.40. The van der Waals surface area contributed by atoms with Gasteiger partial charge in [-0.05, 0) is 27.7 Å². The Morgan fingerprint density at radius 2 is 2.10 bits per heavy atom. The van der Waals surface area contributed by atoms with Crippen LogP contribution in [0.3, 0.4) is 0 Å². The quantitative estimate of drug-likeness (QED) is 0.795. The number of amides is 1. The molecule has 1 heterocycles. The second-order valence-corrected chi connectivity index (χ2v) is 4.63. The number of carbonyl (C=O) groups excluding carboxylic acids is 2. The largest absolute Gasteiger partial charge is 0.462 e. The van der Waals surface area contributed by atoms with E-state index in [1.165, 1.54) is 6.20 Å². The minimum atomic E-state index is -0.448. The van der Waals surface area contributed by atoms with Crippen molar-refractivity contribution in [1.82, 2.24) is 14.9 Å². The molecule has 1 atom stereocenters. The van der Waals surface area contributed by atoms with E-state index in [-0.39, 0.29) is 5.91 Å². The van der Waals surface area contributed by atoms with Crippen LogP contribution in [0.2, 0.25) is 0 Å². The highest BCUT2D eigenvalue weighted by atomic mass is 16.5. The number of ether oxygens (including phenoxy) is 1. The molecule has 1 unspecified atom stereocenters. The van der Waals surface area contributed by atoms with Gasteiger partial charge in [0.05, 0.1) is 17.9 Å². The van der Waals surface area contributed by atoms with Crippen LogP contribution in [0.5, 0.6) is 0 Å². The van der Waals surface area contributed by atoms with Crippen molar-refractivity contribution in [2.75, 3.05) is 25.5 Å². The van der Waals surface area contributed by atoms with Gasteiger partial charge >= 0.3 is 5.97 Å². The molecule has 1 aromatic heterocycles. The van der Waals surface area contributed by atoms with E-state index in [0.717, 1.165) is 0 Å². The minimum absolute atomic E-state index is 0.0479. The molecule has 1 rings (SSSR count). The monoisotopic (exact) mass is 294 g/mol. The van der Waals surface area contributed by atoms with Gasteiger partial charge in [-0.25, -0.2) is 14.8 Å². The smallest absolute Gasteiger partial charge is 0.341 e. The molecule has 7 heteroatoms. The number of esters is 1. The number of anilines is 1. The molecule has 21 heavy (non-hydrogen) atoms. The van der Waals surface area contributed by atoms with Gasteiger partial charge < -0.3 is 15.0 Å². The van der Waals surface area contributed by atoms with Gasteiger partial charge in [0.1, 0.15) is 6.04 Å². The molecule has 1 N–H and O–H groups in total. The summed E-state index contributed by atoms with van der Waals surface area (Å²) in [5.74, 6) is -0.185. The van der Waals surface area contributed by atoms with Crippen LogP contribution in [0.15, 0.2) is 6.20 Å². The zero-order valence-electron chi connectivity index (χ0n) is 13.1. The molecule has 0 fully saturated rings. The molecule has 0 aromatic carbocycles. The first-order valence-electron chi connectivity index (χ1n) is 6.92. The summed E-state index contributed by atoms with van der Waals surface area (Å²) in [5.41, 5.74) is 0.835. The van der Waals surface area contributed by atoms with Crippen LogP contribution in [0, 0.1) is 6.92 Å². The van der Waals surface area contributed by atoms with Crippen LogP contribution in [-0.4, -0.2) is 53.0 Å². The van der Waals surface area contributed by atoms with Crippen LogP contribution in [0.1, 0.15) is 36.8 Å². The Labute approximate surface area is 124 Å². The lowest BCUT2D eigenvalue weighted by Crippen LogP contribution is -2.39. The van der Waals surface area contributed by atoms with Gasteiger partial charge in [-0.2, -0.15) is 0 Å². The topological polar surface area (TPSA) is 84.4 Å². The zero-order chi connectivity index (χ0) is 16.0. The van der Waals surface area contributed by atoms with Crippen molar-refractivity contribution in [3.8, 4) is 0 Å². The lowest BCUT2D eigenvalue weighted by Gasteiger charge is -2.20. The lowest BCUT2D eigenvalue weighted by molar-refractivity contribution is -0.130. The third-order valence-electron chi connectivity index (χ3n) is 3.04. The molecule has 0 aliphatic carbocycles. The highest BCUT2D eigenvalue weighted by Crippen LogP contribution is 2.10. The number of rotatable bonds is 6. The van der Waals surface area contributed by atoms with Crippen molar-refractivity contribution in [3.63, 3.8) is 0 Å². The van der Waals surface area contributed by atoms with Crippen molar-refractivity contribution < 1.29 is 14.3 Å². The SMILES string of the molecule is CCOC(=O)c1cnc(NC(C)C(=O)N(C)CC)nc1C. The predicted octanol–water partition coefficient (Wildman–Crippen LogP) is 1.24. The van der Waals surface area contributed by atoms with E-state index in [1.807, 2.05) is 6.92 Å². The molecule has 0 aliphatic rings. The first-order chi connectivity index (χ1) is 9.90. The van der Waals surface area contributed by atoms with Crippen molar-refractivity contribution in [3.05, 3.63) is 17.5 Å². The van der Waals surface area contributed by atoms with E-state index in [1.54, 1.807) is 32.7 Å². The molecule has 1 amide bonds. The summed E-state index contributed by atoms with van der Waals surface area (Å²) in [6.45, 7) is 8.01. The maximum atomic E-state index is 12.0. The first kappa shape index (κ1) is 16.9. The zero-order valence-corrected chi connectivity index (χ0v) is 13.1. The number of aryl methyl sites for hydroxylation is 1. The average molecular weight is 294 g/mol. The molecule has 1 aromatic rings. The van der Waals surface area contributed by atoms with Gasteiger partial charge in [-0.3, -0.25) is 4.79 Å². The predicted molar refractivity (Wildman–Crippen MR) is 79.1 cm³/mol. The molecule has 0 spiro atoms. The standard InChI is InChI=1S/C14H22N4O3/c1-6-18(5)12(19)10(4)17-14-15-8-11(9(3)16-14)13(20)21-7-2/h8,10H,6-7H2,1-5H3,(H,15,16,17). The Bertz CT molecular complexity index is 519. The maximum absolute atomic E-state index is 12.0. The number of hydrogen-bond acceptors (Lipinski definition) is 6. The number of likely N-dealkylation sites (N-methyl/N-ethyl adjacent to an activating group) is 1. The molecule has 0 saturated heterocycles. The highest BCUT2D eigenvalue weighted by Gasteiger charge is 2.18. The van der Waals surface area contributed by atoms with Crippen LogP contribution in [-0.2, 0) is 9.53 Å². The molecule has 0 bridgehead atoms. The van der Waals surface area contributed by atoms with Crippen molar-refractivity contribution in [1.29, 1.82) is 0 Å². The number of hydrogen-bond donors (Lipinski definition) is 1. The van der Waals surface area contributed by atoms with E-state index in [9.17, 15) is 9.59 Å². The Morgan fingerprint density at radius 3 is 2.62 bits per heavy atom. The average Bonchev–Trinajstić information content (AvgIpc) is 2.45. The molecule has 0 saturated carbocycles. The number of nitrogens with one attached hydrogen (secondary N) is 1.